The highest BCUT2D eigenvalue weighted by molar-refractivity contribution is 5.91. The molecule has 0 aliphatic rings. The van der Waals surface area contributed by atoms with Gasteiger partial charge in [-0.1, -0.05) is 32.0 Å². The zero-order valence-electron chi connectivity index (χ0n) is 11.3. The van der Waals surface area contributed by atoms with Gasteiger partial charge in [0.25, 0.3) is 0 Å². The maximum absolute atomic E-state index is 13.8. The van der Waals surface area contributed by atoms with E-state index in [0.717, 1.165) is 5.56 Å². The summed E-state index contributed by atoms with van der Waals surface area (Å²) < 4.78 is 19.2. The maximum atomic E-state index is 13.8. The third-order valence-corrected chi connectivity index (χ3v) is 2.94. The Morgan fingerprint density at radius 1 is 1.20 bits per heavy atom. The Morgan fingerprint density at radius 3 is 2.55 bits per heavy atom. The molecule has 104 valence electrons. The van der Waals surface area contributed by atoms with Crippen LogP contribution in [0.2, 0.25) is 0 Å². The van der Waals surface area contributed by atoms with Crippen LogP contribution in [-0.4, -0.2) is 11.1 Å². The Kier molecular flexibility index (Phi) is 4.03. The summed E-state index contributed by atoms with van der Waals surface area (Å²) in [4.78, 5) is 11.1. The van der Waals surface area contributed by atoms with Crippen LogP contribution in [0.5, 0.6) is 11.5 Å². The number of carbonyl (C=O) groups is 1. The van der Waals surface area contributed by atoms with Crippen molar-refractivity contribution in [3.63, 3.8) is 0 Å². The molecule has 0 unspecified atom stereocenters. The monoisotopic (exact) mass is 274 g/mol. The predicted molar refractivity (Wildman–Crippen MR) is 74.0 cm³/mol. The molecule has 0 aliphatic heterocycles. The minimum Gasteiger partial charge on any atom is -0.478 e. The number of hydrogen-bond acceptors (Lipinski definition) is 2. The summed E-state index contributed by atoms with van der Waals surface area (Å²) in [6.07, 6.45) is 0. The molecule has 0 radical (unpaired) electrons. The van der Waals surface area contributed by atoms with E-state index in [1.807, 2.05) is 19.9 Å². The molecule has 0 saturated carbocycles. The maximum Gasteiger partial charge on any atom is 0.339 e. The predicted octanol–water partition coefficient (Wildman–Crippen LogP) is 4.44. The standard InChI is InChI=1S/C16H15FO3/c1-10(2)11-5-3-6-12(9-11)20-15-13(16(18)19)7-4-8-14(15)17/h3-10H,1-2H3,(H,18,19). The number of rotatable bonds is 4. The first-order valence-corrected chi connectivity index (χ1v) is 6.28. The molecule has 0 aliphatic carbocycles. The summed E-state index contributed by atoms with van der Waals surface area (Å²) in [6, 6.07) is 11.0. The fourth-order valence-corrected chi connectivity index (χ4v) is 1.84. The van der Waals surface area contributed by atoms with Gasteiger partial charge in [-0.25, -0.2) is 9.18 Å². The third-order valence-electron chi connectivity index (χ3n) is 2.94. The molecule has 2 aromatic carbocycles. The summed E-state index contributed by atoms with van der Waals surface area (Å²) in [5.74, 6) is -1.46. The van der Waals surface area contributed by atoms with E-state index in [1.165, 1.54) is 18.2 Å². The lowest BCUT2D eigenvalue weighted by molar-refractivity contribution is 0.0693. The van der Waals surface area contributed by atoms with Gasteiger partial charge in [-0.05, 0) is 35.7 Å². The Hall–Kier alpha value is -2.36. The van der Waals surface area contributed by atoms with Crippen molar-refractivity contribution in [2.45, 2.75) is 19.8 Å². The average Bonchev–Trinajstić information content (AvgIpc) is 2.41. The second kappa shape index (κ2) is 5.74. The Morgan fingerprint density at radius 2 is 1.90 bits per heavy atom. The molecule has 20 heavy (non-hydrogen) atoms. The normalized spacial score (nSPS) is 10.6. The number of hydrogen-bond donors (Lipinski definition) is 1. The van der Waals surface area contributed by atoms with Gasteiger partial charge in [0.2, 0.25) is 0 Å². The minimum atomic E-state index is -1.22. The van der Waals surface area contributed by atoms with Gasteiger partial charge in [0.05, 0.1) is 0 Å². The van der Waals surface area contributed by atoms with Gasteiger partial charge in [-0.15, -0.1) is 0 Å². The van der Waals surface area contributed by atoms with Crippen molar-refractivity contribution in [3.8, 4) is 11.5 Å². The number of benzene rings is 2. The first kappa shape index (κ1) is 14.1. The van der Waals surface area contributed by atoms with Crippen molar-refractivity contribution in [2.75, 3.05) is 0 Å². The van der Waals surface area contributed by atoms with Gasteiger partial charge in [-0.2, -0.15) is 0 Å². The molecule has 4 heteroatoms. The van der Waals surface area contributed by atoms with E-state index in [0.29, 0.717) is 11.7 Å². The molecule has 0 amide bonds. The average molecular weight is 274 g/mol. The molecule has 0 saturated heterocycles. The van der Waals surface area contributed by atoms with Crippen molar-refractivity contribution in [3.05, 3.63) is 59.4 Å². The zero-order chi connectivity index (χ0) is 14.7. The topological polar surface area (TPSA) is 46.5 Å². The molecule has 2 rings (SSSR count). The van der Waals surface area contributed by atoms with Crippen LogP contribution in [0, 0.1) is 5.82 Å². The van der Waals surface area contributed by atoms with Crippen molar-refractivity contribution in [1.29, 1.82) is 0 Å². The quantitative estimate of drug-likeness (QED) is 0.896. The number of ether oxygens (including phenoxy) is 1. The highest BCUT2D eigenvalue weighted by atomic mass is 19.1. The van der Waals surface area contributed by atoms with E-state index < -0.39 is 11.8 Å². The molecular formula is C16H15FO3. The van der Waals surface area contributed by atoms with E-state index >= 15 is 0 Å². The van der Waals surface area contributed by atoms with Gasteiger partial charge in [0.1, 0.15) is 11.3 Å². The summed E-state index contributed by atoms with van der Waals surface area (Å²) in [5, 5.41) is 9.06. The lowest BCUT2D eigenvalue weighted by atomic mass is 10.0. The fraction of sp³-hybridized carbons (Fsp3) is 0.188. The molecule has 0 bridgehead atoms. The van der Waals surface area contributed by atoms with Crippen LogP contribution in [0.1, 0.15) is 35.7 Å². The van der Waals surface area contributed by atoms with Crippen LogP contribution in [-0.2, 0) is 0 Å². The van der Waals surface area contributed by atoms with Crippen LogP contribution in [0.25, 0.3) is 0 Å². The van der Waals surface area contributed by atoms with Crippen LogP contribution >= 0.6 is 0 Å². The third kappa shape index (κ3) is 2.96. The summed E-state index contributed by atoms with van der Waals surface area (Å²) in [5.41, 5.74) is 0.843. The second-order valence-electron chi connectivity index (χ2n) is 4.75. The number of carboxylic acid groups (broad SMARTS) is 1. The molecule has 0 aromatic heterocycles. The number of halogens is 1. The largest absolute Gasteiger partial charge is 0.478 e. The lowest BCUT2D eigenvalue weighted by Crippen LogP contribution is -2.02. The van der Waals surface area contributed by atoms with Crippen LogP contribution < -0.4 is 4.74 Å². The molecule has 3 nitrogen and oxygen atoms in total. The number of para-hydroxylation sites is 1. The zero-order valence-corrected chi connectivity index (χ0v) is 11.3. The van der Waals surface area contributed by atoms with Gasteiger partial charge in [0.15, 0.2) is 11.6 Å². The van der Waals surface area contributed by atoms with E-state index in [2.05, 4.69) is 0 Å². The SMILES string of the molecule is CC(C)c1cccc(Oc2c(F)cccc2C(=O)O)c1. The molecule has 1 N–H and O–H groups in total. The van der Waals surface area contributed by atoms with Gasteiger partial charge in [-0.3, -0.25) is 0 Å². The molecular weight excluding hydrogens is 259 g/mol. The fourth-order valence-electron chi connectivity index (χ4n) is 1.84. The van der Waals surface area contributed by atoms with Gasteiger partial charge < -0.3 is 9.84 Å². The smallest absolute Gasteiger partial charge is 0.339 e. The van der Waals surface area contributed by atoms with Gasteiger partial charge in [0, 0.05) is 0 Å². The van der Waals surface area contributed by atoms with E-state index in [-0.39, 0.29) is 11.3 Å². The molecule has 0 atom stereocenters. The van der Waals surface area contributed by atoms with Crippen molar-refractivity contribution >= 4 is 5.97 Å². The van der Waals surface area contributed by atoms with Crippen LogP contribution in [0.4, 0.5) is 4.39 Å². The number of carboxylic acids is 1. The van der Waals surface area contributed by atoms with Crippen LogP contribution in [0.3, 0.4) is 0 Å². The van der Waals surface area contributed by atoms with Crippen molar-refractivity contribution < 1.29 is 19.0 Å². The van der Waals surface area contributed by atoms with Gasteiger partial charge >= 0.3 is 5.97 Å². The molecule has 0 fully saturated rings. The van der Waals surface area contributed by atoms with Crippen molar-refractivity contribution in [1.82, 2.24) is 0 Å². The first-order valence-electron chi connectivity index (χ1n) is 6.28. The Bertz CT molecular complexity index is 635. The summed E-state index contributed by atoms with van der Waals surface area (Å²) in [7, 11) is 0. The highest BCUT2D eigenvalue weighted by Gasteiger charge is 2.16. The molecule has 0 heterocycles. The van der Waals surface area contributed by atoms with Crippen LogP contribution in [0.15, 0.2) is 42.5 Å². The molecule has 0 spiro atoms. The minimum absolute atomic E-state index is 0.194. The van der Waals surface area contributed by atoms with E-state index in [1.54, 1.807) is 18.2 Å². The number of aromatic carboxylic acids is 1. The van der Waals surface area contributed by atoms with E-state index in [4.69, 9.17) is 9.84 Å². The lowest BCUT2D eigenvalue weighted by Gasteiger charge is -2.12. The Labute approximate surface area is 116 Å². The molecule has 2 aromatic rings. The second-order valence-corrected chi connectivity index (χ2v) is 4.75. The first-order chi connectivity index (χ1) is 9.49. The highest BCUT2D eigenvalue weighted by Crippen LogP contribution is 2.30. The Balaban J connectivity index is 2.40. The van der Waals surface area contributed by atoms with E-state index in [9.17, 15) is 9.18 Å². The summed E-state index contributed by atoms with van der Waals surface area (Å²) >= 11 is 0. The van der Waals surface area contributed by atoms with Crippen molar-refractivity contribution in [2.24, 2.45) is 0 Å². The summed E-state index contributed by atoms with van der Waals surface area (Å²) in [6.45, 7) is 4.07.